The Labute approximate surface area is 203 Å². The van der Waals surface area contributed by atoms with E-state index < -0.39 is 5.60 Å². The molecule has 0 aliphatic carbocycles. The first-order chi connectivity index (χ1) is 16.0. The highest BCUT2D eigenvalue weighted by atomic mass is 32.2. The first-order valence-corrected chi connectivity index (χ1v) is 11.9. The summed E-state index contributed by atoms with van der Waals surface area (Å²) in [5, 5.41) is 15.6. The lowest BCUT2D eigenvalue weighted by Gasteiger charge is -2.25. The van der Waals surface area contributed by atoms with Gasteiger partial charge in [-0.3, -0.25) is 14.3 Å². The van der Waals surface area contributed by atoms with Crippen LogP contribution in [0.5, 0.6) is 5.75 Å². The van der Waals surface area contributed by atoms with Crippen LogP contribution in [0.25, 0.3) is 17.1 Å². The predicted molar refractivity (Wildman–Crippen MR) is 134 cm³/mol. The number of nitrogens with one attached hydrogen (secondary N) is 1. The number of hydrogen-bond donors (Lipinski definition) is 2. The van der Waals surface area contributed by atoms with Crippen LogP contribution in [0, 0.1) is 20.8 Å². The Morgan fingerprint density at radius 3 is 2.68 bits per heavy atom. The molecule has 34 heavy (non-hydrogen) atoms. The van der Waals surface area contributed by atoms with E-state index in [-0.39, 0.29) is 10.4 Å². The summed E-state index contributed by atoms with van der Waals surface area (Å²) in [6, 6.07) is 5.50. The van der Waals surface area contributed by atoms with E-state index in [1.165, 1.54) is 0 Å². The Balaban J connectivity index is 1.71. The molecule has 0 amide bonds. The second-order valence-electron chi connectivity index (χ2n) is 9.18. The van der Waals surface area contributed by atoms with E-state index in [2.05, 4.69) is 27.2 Å². The summed E-state index contributed by atoms with van der Waals surface area (Å²) < 4.78 is 7.69. The first kappa shape index (κ1) is 24.0. The maximum Gasteiger partial charge on any atom is 0.261 e. The first-order valence-electron chi connectivity index (χ1n) is 11.0. The van der Waals surface area contributed by atoms with Gasteiger partial charge in [-0.1, -0.05) is 0 Å². The molecule has 0 saturated carbocycles. The highest BCUT2D eigenvalue weighted by Gasteiger charge is 2.27. The van der Waals surface area contributed by atoms with Gasteiger partial charge in [0.15, 0.2) is 5.82 Å². The number of aromatic nitrogens is 4. The molecule has 4 heterocycles. The molecule has 4 rings (SSSR count). The van der Waals surface area contributed by atoms with E-state index in [0.29, 0.717) is 40.8 Å². The Morgan fingerprint density at radius 1 is 1.24 bits per heavy atom. The number of thioether (sulfide) groups is 1. The van der Waals surface area contributed by atoms with Crippen LogP contribution in [0.2, 0.25) is 0 Å². The van der Waals surface area contributed by atoms with E-state index >= 15 is 0 Å². The topological polar surface area (TPSA) is 102 Å². The highest BCUT2D eigenvalue weighted by Crippen LogP contribution is 2.30. The van der Waals surface area contributed by atoms with Gasteiger partial charge in [0.05, 0.1) is 22.6 Å². The lowest BCUT2D eigenvalue weighted by Crippen LogP contribution is -2.38. The van der Waals surface area contributed by atoms with Gasteiger partial charge in [0.2, 0.25) is 0 Å². The fourth-order valence-corrected chi connectivity index (χ4v) is 4.37. The minimum absolute atomic E-state index is 0.154. The number of hydrogen-bond acceptors (Lipinski definition) is 8. The number of aliphatic hydroxyl groups is 1. The Bertz CT molecular complexity index is 1320. The normalized spacial score (nSPS) is 17.6. The predicted octanol–water partition coefficient (Wildman–Crippen LogP) is 3.74. The van der Waals surface area contributed by atoms with E-state index in [1.807, 2.05) is 37.6 Å². The van der Waals surface area contributed by atoms with Gasteiger partial charge in [0.1, 0.15) is 22.8 Å². The molecular weight excluding hydrogens is 450 g/mol. The quantitative estimate of drug-likeness (QED) is 0.551. The number of pyridine rings is 2. The van der Waals surface area contributed by atoms with Gasteiger partial charge in [0.25, 0.3) is 5.56 Å². The van der Waals surface area contributed by atoms with E-state index in [1.54, 1.807) is 55.6 Å². The van der Waals surface area contributed by atoms with Gasteiger partial charge in [0, 0.05) is 30.4 Å². The van der Waals surface area contributed by atoms with Crippen molar-refractivity contribution < 1.29 is 9.84 Å². The third-order valence-electron chi connectivity index (χ3n) is 5.64. The van der Waals surface area contributed by atoms with Crippen LogP contribution in [0.3, 0.4) is 0 Å². The van der Waals surface area contributed by atoms with Gasteiger partial charge in [-0.05, 0) is 64.6 Å². The SMILES string of the molecule is Cc1cnc(C(C)(C)O)nc1-c1cc(-n2c(C)cc(OCC3(C)NC=CS3)c(C)c2=O)ccn1. The zero-order valence-corrected chi connectivity index (χ0v) is 21.0. The molecule has 1 atom stereocenters. The van der Waals surface area contributed by atoms with Crippen molar-refractivity contribution in [3.8, 4) is 22.8 Å². The minimum atomic E-state index is -1.18. The third-order valence-corrected chi connectivity index (χ3v) is 6.67. The minimum Gasteiger partial charge on any atom is -0.490 e. The molecule has 0 spiro atoms. The lowest BCUT2D eigenvalue weighted by molar-refractivity contribution is 0.0688. The van der Waals surface area contributed by atoms with Crippen LogP contribution >= 0.6 is 11.8 Å². The van der Waals surface area contributed by atoms with E-state index in [0.717, 1.165) is 11.3 Å². The summed E-state index contributed by atoms with van der Waals surface area (Å²) >= 11 is 1.65. The average molecular weight is 480 g/mol. The molecule has 1 unspecified atom stereocenters. The fraction of sp³-hybridized carbons (Fsp3) is 0.360. The molecule has 1 aliphatic rings. The van der Waals surface area contributed by atoms with Crippen molar-refractivity contribution in [3.63, 3.8) is 0 Å². The molecule has 3 aromatic heterocycles. The maximum absolute atomic E-state index is 13.4. The number of aryl methyl sites for hydroxylation is 2. The average Bonchev–Trinajstić information content (AvgIpc) is 3.22. The molecule has 0 fully saturated rings. The standard InChI is InChI=1S/C25H29N5O3S/c1-15-13-27-23(24(4,5)32)29-21(15)19-12-18(7-8-26-19)30-16(2)11-20(17(3)22(30)31)33-14-25(6)28-9-10-34-25/h7-13,28,32H,14H2,1-6H3. The van der Waals surface area contributed by atoms with Crippen LogP contribution in [0.4, 0.5) is 0 Å². The highest BCUT2D eigenvalue weighted by molar-refractivity contribution is 8.03. The molecule has 0 bridgehead atoms. The number of ether oxygens (including phenoxy) is 1. The molecule has 178 valence electrons. The zero-order valence-electron chi connectivity index (χ0n) is 20.2. The largest absolute Gasteiger partial charge is 0.490 e. The molecule has 1 aliphatic heterocycles. The van der Waals surface area contributed by atoms with Crippen LogP contribution in [-0.4, -0.2) is 36.1 Å². The van der Waals surface area contributed by atoms with Crippen molar-refractivity contribution in [2.24, 2.45) is 0 Å². The summed E-state index contributed by atoms with van der Waals surface area (Å²) in [5.41, 5.74) is 2.65. The summed E-state index contributed by atoms with van der Waals surface area (Å²) in [6.45, 7) is 11.3. The van der Waals surface area contributed by atoms with Crippen molar-refractivity contribution in [1.82, 2.24) is 24.8 Å². The second kappa shape index (κ2) is 8.88. The van der Waals surface area contributed by atoms with Gasteiger partial charge in [-0.2, -0.15) is 0 Å². The molecule has 8 nitrogen and oxygen atoms in total. The van der Waals surface area contributed by atoms with Gasteiger partial charge in [-0.25, -0.2) is 9.97 Å². The summed E-state index contributed by atoms with van der Waals surface area (Å²) in [4.78, 5) is 26.4. The summed E-state index contributed by atoms with van der Waals surface area (Å²) in [5.74, 6) is 0.884. The van der Waals surface area contributed by atoms with Crippen molar-refractivity contribution in [2.45, 2.75) is 52.0 Å². The van der Waals surface area contributed by atoms with Gasteiger partial charge < -0.3 is 15.2 Å². The van der Waals surface area contributed by atoms with Crippen LogP contribution < -0.4 is 15.6 Å². The Morgan fingerprint density at radius 2 is 2.00 bits per heavy atom. The van der Waals surface area contributed by atoms with E-state index in [9.17, 15) is 9.90 Å². The lowest BCUT2D eigenvalue weighted by atomic mass is 10.1. The van der Waals surface area contributed by atoms with Crippen molar-refractivity contribution in [3.05, 3.63) is 75.2 Å². The Hall–Kier alpha value is -3.17. The van der Waals surface area contributed by atoms with Crippen LogP contribution in [0.1, 0.15) is 43.4 Å². The number of rotatable bonds is 6. The van der Waals surface area contributed by atoms with Crippen molar-refractivity contribution in [1.29, 1.82) is 0 Å². The molecule has 9 heteroatoms. The van der Waals surface area contributed by atoms with Crippen LogP contribution in [-0.2, 0) is 5.60 Å². The van der Waals surface area contributed by atoms with Gasteiger partial charge >= 0.3 is 0 Å². The molecule has 3 aromatic rings. The van der Waals surface area contributed by atoms with Crippen molar-refractivity contribution in [2.75, 3.05) is 6.61 Å². The molecule has 0 aromatic carbocycles. The van der Waals surface area contributed by atoms with Crippen LogP contribution in [0.15, 0.2) is 47.0 Å². The number of nitrogens with zero attached hydrogens (tertiary/aromatic N) is 4. The van der Waals surface area contributed by atoms with Crippen molar-refractivity contribution >= 4 is 11.8 Å². The third kappa shape index (κ3) is 4.71. The fourth-order valence-electron chi connectivity index (χ4n) is 3.67. The molecule has 0 radical (unpaired) electrons. The summed E-state index contributed by atoms with van der Waals surface area (Å²) in [6.07, 6.45) is 5.22. The van der Waals surface area contributed by atoms with E-state index in [4.69, 9.17) is 4.74 Å². The maximum atomic E-state index is 13.4. The monoisotopic (exact) mass is 479 g/mol. The molecular formula is C25H29N5O3S. The summed E-state index contributed by atoms with van der Waals surface area (Å²) in [7, 11) is 0. The smallest absolute Gasteiger partial charge is 0.261 e. The van der Waals surface area contributed by atoms with Gasteiger partial charge in [-0.15, -0.1) is 11.8 Å². The Kier molecular flexibility index (Phi) is 6.26. The second-order valence-corrected chi connectivity index (χ2v) is 10.6. The molecule has 2 N–H and O–H groups in total. The zero-order chi connectivity index (χ0) is 24.7. The molecule has 0 saturated heterocycles.